The lowest BCUT2D eigenvalue weighted by Crippen LogP contribution is -2.40. The summed E-state index contributed by atoms with van der Waals surface area (Å²) < 4.78 is 7.75. The Hall–Kier alpha value is -2.87. The molecular weight excluding hydrogens is 523 g/mol. The Kier molecular flexibility index (Phi) is 6.70. The van der Waals surface area contributed by atoms with Gasteiger partial charge in [0.15, 0.2) is 0 Å². The molecule has 7 nitrogen and oxygen atoms in total. The van der Waals surface area contributed by atoms with Crippen LogP contribution >= 0.6 is 23.2 Å². The van der Waals surface area contributed by atoms with Gasteiger partial charge in [-0.15, -0.1) is 0 Å². The standard InChI is InChI=1S/C29H30Cl2N4O3/c1-16-28(17(2)38-33-16)18-6-13-25-24(14-18)32-29(35(25)19-7-10-21(36)11-8-19)26-4-3-5-27(37)34(26)20-9-12-22(30)23(31)15-20/h6,9,12-15,19,21,26,36H,3-5,7-8,10-11H2,1-2H3/t19?,21?,26-/m0/s1. The average molecular weight is 553 g/mol. The summed E-state index contributed by atoms with van der Waals surface area (Å²) >= 11 is 12.6. The quantitative estimate of drug-likeness (QED) is 0.286. The van der Waals surface area contributed by atoms with E-state index in [1.165, 1.54) is 0 Å². The monoisotopic (exact) mass is 552 g/mol. The summed E-state index contributed by atoms with van der Waals surface area (Å²) in [5.41, 5.74) is 5.45. The first kappa shape index (κ1) is 25.4. The fraction of sp³-hybridized carbons (Fsp3) is 0.414. The molecule has 2 aromatic heterocycles. The van der Waals surface area contributed by atoms with E-state index in [0.29, 0.717) is 16.5 Å². The number of fused-ring (bicyclic) bond motifs is 1. The zero-order valence-corrected chi connectivity index (χ0v) is 23.0. The Labute approximate surface area is 231 Å². The molecule has 1 N–H and O–H groups in total. The van der Waals surface area contributed by atoms with Gasteiger partial charge in [0.2, 0.25) is 5.91 Å². The number of hydrogen-bond acceptors (Lipinski definition) is 5. The highest BCUT2D eigenvalue weighted by molar-refractivity contribution is 6.42. The smallest absolute Gasteiger partial charge is 0.227 e. The molecule has 3 heterocycles. The third-order valence-electron chi connectivity index (χ3n) is 8.00. The normalized spacial score (nSPS) is 22.4. The molecule has 0 radical (unpaired) electrons. The molecule has 2 fully saturated rings. The topological polar surface area (TPSA) is 84.4 Å². The number of amides is 1. The number of aliphatic hydroxyl groups excluding tert-OH is 1. The van der Waals surface area contributed by atoms with Crippen LogP contribution in [0.15, 0.2) is 40.9 Å². The van der Waals surface area contributed by atoms with Gasteiger partial charge in [-0.05, 0) is 88.3 Å². The highest BCUT2D eigenvalue weighted by Crippen LogP contribution is 2.42. The number of aromatic nitrogens is 3. The van der Waals surface area contributed by atoms with Crippen LogP contribution in [0.3, 0.4) is 0 Å². The van der Waals surface area contributed by atoms with Crippen molar-refractivity contribution in [3.63, 3.8) is 0 Å². The largest absolute Gasteiger partial charge is 0.393 e. The van der Waals surface area contributed by atoms with E-state index in [4.69, 9.17) is 32.7 Å². The number of benzene rings is 2. The van der Waals surface area contributed by atoms with Crippen LogP contribution in [-0.2, 0) is 4.79 Å². The number of aryl methyl sites for hydroxylation is 2. The molecule has 4 aromatic rings. The zero-order valence-electron chi connectivity index (χ0n) is 21.5. The molecule has 1 amide bonds. The first-order valence-corrected chi connectivity index (χ1v) is 14.0. The first-order valence-electron chi connectivity index (χ1n) is 13.2. The van der Waals surface area contributed by atoms with Gasteiger partial charge in [-0.2, -0.15) is 0 Å². The number of carbonyl (C=O) groups is 1. The molecule has 2 aromatic carbocycles. The Bertz CT molecular complexity index is 1500. The van der Waals surface area contributed by atoms with E-state index in [1.807, 2.05) is 24.8 Å². The fourth-order valence-corrected chi connectivity index (χ4v) is 6.47. The zero-order chi connectivity index (χ0) is 26.6. The third kappa shape index (κ3) is 4.40. The van der Waals surface area contributed by atoms with Crippen LogP contribution in [0.5, 0.6) is 0 Å². The van der Waals surface area contributed by atoms with Gasteiger partial charge in [0.25, 0.3) is 0 Å². The minimum absolute atomic E-state index is 0.0497. The molecule has 1 atom stereocenters. The van der Waals surface area contributed by atoms with Crippen molar-refractivity contribution in [1.29, 1.82) is 0 Å². The molecule has 1 aliphatic heterocycles. The molecule has 2 aliphatic rings. The maximum atomic E-state index is 13.4. The summed E-state index contributed by atoms with van der Waals surface area (Å²) in [4.78, 5) is 20.4. The maximum absolute atomic E-state index is 13.4. The summed E-state index contributed by atoms with van der Waals surface area (Å²) in [5, 5.41) is 15.2. The summed E-state index contributed by atoms with van der Waals surface area (Å²) in [6.07, 6.45) is 5.02. The number of nitrogens with zero attached hydrogens (tertiary/aromatic N) is 4. The molecule has 198 valence electrons. The van der Waals surface area contributed by atoms with Gasteiger partial charge < -0.3 is 19.1 Å². The second-order valence-electron chi connectivity index (χ2n) is 10.5. The van der Waals surface area contributed by atoms with Crippen molar-refractivity contribution < 1.29 is 14.4 Å². The van der Waals surface area contributed by atoms with Crippen molar-refractivity contribution in [3.8, 4) is 11.1 Å². The molecule has 0 bridgehead atoms. The lowest BCUT2D eigenvalue weighted by Gasteiger charge is -2.37. The van der Waals surface area contributed by atoms with Crippen LogP contribution in [0, 0.1) is 13.8 Å². The van der Waals surface area contributed by atoms with Crippen molar-refractivity contribution in [3.05, 3.63) is 63.7 Å². The predicted molar refractivity (Wildman–Crippen MR) is 149 cm³/mol. The van der Waals surface area contributed by atoms with Crippen LogP contribution in [-0.4, -0.2) is 31.8 Å². The molecule has 9 heteroatoms. The Balaban J connectivity index is 1.51. The number of anilines is 1. The van der Waals surface area contributed by atoms with Crippen molar-refractivity contribution >= 4 is 45.8 Å². The van der Waals surface area contributed by atoms with Crippen molar-refractivity contribution in [2.24, 2.45) is 0 Å². The molecule has 0 spiro atoms. The van der Waals surface area contributed by atoms with Crippen molar-refractivity contribution in [2.45, 2.75) is 77.0 Å². The fourth-order valence-electron chi connectivity index (χ4n) is 6.18. The van der Waals surface area contributed by atoms with Gasteiger partial charge in [0.1, 0.15) is 11.6 Å². The van der Waals surface area contributed by atoms with Gasteiger partial charge in [0.05, 0.1) is 38.9 Å². The SMILES string of the molecule is Cc1noc(C)c1-c1ccc2c(c1)nc([C@@H]1CCCC(=O)N1c1ccc(Cl)c(Cl)c1)n2C1CCC(O)CC1. The average Bonchev–Trinajstić information content (AvgIpc) is 3.45. The number of piperidine rings is 1. The van der Waals surface area contributed by atoms with Gasteiger partial charge in [0, 0.05) is 23.7 Å². The van der Waals surface area contributed by atoms with Gasteiger partial charge in [-0.3, -0.25) is 4.79 Å². The number of hydrogen-bond donors (Lipinski definition) is 1. The summed E-state index contributed by atoms with van der Waals surface area (Å²) in [6.45, 7) is 3.86. The third-order valence-corrected chi connectivity index (χ3v) is 8.74. The molecule has 1 saturated carbocycles. The summed E-state index contributed by atoms with van der Waals surface area (Å²) in [6, 6.07) is 11.6. The van der Waals surface area contributed by atoms with Gasteiger partial charge >= 0.3 is 0 Å². The number of halogens is 2. The highest BCUT2D eigenvalue weighted by atomic mass is 35.5. The van der Waals surface area contributed by atoms with Gasteiger partial charge in [-0.25, -0.2) is 4.98 Å². The van der Waals surface area contributed by atoms with E-state index in [-0.39, 0.29) is 24.1 Å². The van der Waals surface area contributed by atoms with Crippen molar-refractivity contribution in [2.75, 3.05) is 4.90 Å². The summed E-state index contributed by atoms with van der Waals surface area (Å²) in [5.74, 6) is 1.69. The highest BCUT2D eigenvalue weighted by Gasteiger charge is 2.36. The lowest BCUT2D eigenvalue weighted by molar-refractivity contribution is -0.120. The molecule has 1 aliphatic carbocycles. The minimum Gasteiger partial charge on any atom is -0.393 e. The molecule has 6 rings (SSSR count). The van der Waals surface area contributed by atoms with Gasteiger partial charge in [-0.1, -0.05) is 34.4 Å². The van der Waals surface area contributed by atoms with Crippen LogP contribution in [0.1, 0.15) is 74.3 Å². The molecule has 0 unspecified atom stereocenters. The first-order chi connectivity index (χ1) is 18.3. The van der Waals surface area contributed by atoms with E-state index in [2.05, 4.69) is 27.9 Å². The molecular formula is C29H30Cl2N4O3. The van der Waals surface area contributed by atoms with Crippen molar-refractivity contribution in [1.82, 2.24) is 14.7 Å². The second kappa shape index (κ2) is 10.0. The number of imidazole rings is 1. The minimum atomic E-state index is -0.264. The number of rotatable bonds is 4. The second-order valence-corrected chi connectivity index (χ2v) is 11.3. The van der Waals surface area contributed by atoms with E-state index in [0.717, 1.165) is 83.7 Å². The van der Waals surface area contributed by atoms with Crippen LogP contribution in [0.25, 0.3) is 22.2 Å². The molecule has 38 heavy (non-hydrogen) atoms. The Morgan fingerprint density at radius 2 is 1.79 bits per heavy atom. The number of carbonyl (C=O) groups excluding carboxylic acids is 1. The van der Waals surface area contributed by atoms with Crippen LogP contribution in [0.2, 0.25) is 10.0 Å². The van der Waals surface area contributed by atoms with Crippen LogP contribution < -0.4 is 4.90 Å². The van der Waals surface area contributed by atoms with E-state index >= 15 is 0 Å². The molecule has 1 saturated heterocycles. The van der Waals surface area contributed by atoms with E-state index in [9.17, 15) is 9.90 Å². The summed E-state index contributed by atoms with van der Waals surface area (Å²) in [7, 11) is 0. The predicted octanol–water partition coefficient (Wildman–Crippen LogP) is 7.35. The Morgan fingerprint density at radius 1 is 1.00 bits per heavy atom. The van der Waals surface area contributed by atoms with E-state index in [1.54, 1.807) is 12.1 Å². The lowest BCUT2D eigenvalue weighted by atomic mass is 9.92. The maximum Gasteiger partial charge on any atom is 0.227 e. The van der Waals surface area contributed by atoms with Crippen LogP contribution in [0.4, 0.5) is 5.69 Å². The number of aliphatic hydroxyl groups is 1. The van der Waals surface area contributed by atoms with E-state index < -0.39 is 0 Å². The Morgan fingerprint density at radius 3 is 2.50 bits per heavy atom.